The van der Waals surface area contributed by atoms with E-state index in [0.717, 1.165) is 19.3 Å². The van der Waals surface area contributed by atoms with E-state index in [0.29, 0.717) is 12.2 Å². The molecule has 92 valence electrons. The third-order valence-electron chi connectivity index (χ3n) is 3.93. The maximum absolute atomic E-state index is 12.0. The first-order chi connectivity index (χ1) is 8.23. The molecule has 1 fully saturated rings. The van der Waals surface area contributed by atoms with E-state index in [-0.39, 0.29) is 5.41 Å². The van der Waals surface area contributed by atoms with Crippen molar-refractivity contribution in [3.05, 3.63) is 35.4 Å². The molecule has 0 unspecified atom stereocenters. The van der Waals surface area contributed by atoms with Crippen molar-refractivity contribution in [1.29, 1.82) is 0 Å². The van der Waals surface area contributed by atoms with Gasteiger partial charge in [0.05, 0.1) is 5.41 Å². The molecule has 0 radical (unpaired) electrons. The zero-order chi connectivity index (χ0) is 12.3. The molecule has 0 saturated heterocycles. The number of ketones is 1. The third-order valence-corrected chi connectivity index (χ3v) is 3.93. The molecule has 0 bridgehead atoms. The molecule has 1 aliphatic rings. The summed E-state index contributed by atoms with van der Waals surface area (Å²) in [7, 11) is 0. The zero-order valence-corrected chi connectivity index (χ0v) is 11.0. The lowest BCUT2D eigenvalue weighted by Crippen LogP contribution is -2.19. The molecule has 0 spiro atoms. The summed E-state index contributed by atoms with van der Waals surface area (Å²) in [5, 5.41) is 0. The molecule has 1 aliphatic carbocycles. The number of carbonyl (C=O) groups excluding carboxylic acids is 1. The second-order valence-corrected chi connectivity index (χ2v) is 5.16. The molecule has 0 amide bonds. The number of rotatable bonds is 6. The fourth-order valence-electron chi connectivity index (χ4n) is 2.56. The summed E-state index contributed by atoms with van der Waals surface area (Å²) in [6.45, 7) is 4.19. The molecular formula is C16H22O. The second-order valence-electron chi connectivity index (χ2n) is 5.16. The quantitative estimate of drug-likeness (QED) is 0.721. The molecule has 0 N–H and O–H groups in total. The average molecular weight is 230 g/mol. The normalized spacial score (nSPS) is 16.8. The molecular weight excluding hydrogens is 208 g/mol. The number of hydrogen-bond donors (Lipinski definition) is 0. The van der Waals surface area contributed by atoms with Gasteiger partial charge in [0, 0.05) is 6.42 Å². The Morgan fingerprint density at radius 2 is 1.82 bits per heavy atom. The highest BCUT2D eigenvalue weighted by Crippen LogP contribution is 2.49. The van der Waals surface area contributed by atoms with E-state index in [9.17, 15) is 4.79 Å². The van der Waals surface area contributed by atoms with Crippen LogP contribution in [0.25, 0.3) is 0 Å². The van der Waals surface area contributed by atoms with Gasteiger partial charge in [-0.1, -0.05) is 44.5 Å². The third kappa shape index (κ3) is 2.43. The number of aryl methyl sites for hydroxylation is 1. The van der Waals surface area contributed by atoms with E-state index in [2.05, 4.69) is 31.2 Å². The summed E-state index contributed by atoms with van der Waals surface area (Å²) in [5.74, 6) is 0.416. The van der Waals surface area contributed by atoms with E-state index >= 15 is 0 Å². The van der Waals surface area contributed by atoms with Crippen LogP contribution in [0.1, 0.15) is 57.1 Å². The predicted octanol–water partition coefficient (Wildman–Crippen LogP) is 4.04. The smallest absolute Gasteiger partial charge is 0.143 e. The Morgan fingerprint density at radius 1 is 1.18 bits per heavy atom. The number of benzene rings is 1. The lowest BCUT2D eigenvalue weighted by Gasteiger charge is -2.13. The highest BCUT2D eigenvalue weighted by atomic mass is 16.1. The van der Waals surface area contributed by atoms with Gasteiger partial charge in [-0.2, -0.15) is 0 Å². The van der Waals surface area contributed by atoms with Crippen molar-refractivity contribution in [2.45, 2.75) is 57.8 Å². The molecule has 1 saturated carbocycles. The van der Waals surface area contributed by atoms with Crippen molar-refractivity contribution < 1.29 is 4.79 Å². The lowest BCUT2D eigenvalue weighted by atomic mass is 9.89. The van der Waals surface area contributed by atoms with Crippen LogP contribution in [-0.4, -0.2) is 5.78 Å². The summed E-state index contributed by atoms with van der Waals surface area (Å²) in [5.41, 5.74) is 2.54. The first-order valence-corrected chi connectivity index (χ1v) is 6.85. The molecule has 0 aliphatic heterocycles. The first kappa shape index (κ1) is 12.3. The van der Waals surface area contributed by atoms with Crippen molar-refractivity contribution in [2.24, 2.45) is 0 Å². The molecule has 0 heterocycles. The Bertz CT molecular complexity index is 384. The van der Waals surface area contributed by atoms with E-state index in [1.54, 1.807) is 0 Å². The van der Waals surface area contributed by atoms with Gasteiger partial charge in [0.1, 0.15) is 5.78 Å². The minimum atomic E-state index is -0.0992. The first-order valence-electron chi connectivity index (χ1n) is 6.85. The number of Topliss-reactive ketones (excluding diaryl/α,β-unsaturated/α-hetero) is 1. The van der Waals surface area contributed by atoms with Gasteiger partial charge >= 0.3 is 0 Å². The summed E-state index contributed by atoms with van der Waals surface area (Å²) in [4.78, 5) is 12.0. The van der Waals surface area contributed by atoms with Crippen LogP contribution >= 0.6 is 0 Å². The standard InChI is InChI=1S/C16H22O/c1-3-5-6-13-7-9-14(10-8-13)16(11-12-16)15(17)4-2/h7-10H,3-6,11-12H2,1-2H3. The Balaban J connectivity index is 2.10. The van der Waals surface area contributed by atoms with Gasteiger partial charge in [-0.3, -0.25) is 4.79 Å². The zero-order valence-electron chi connectivity index (χ0n) is 11.0. The van der Waals surface area contributed by atoms with Gasteiger partial charge in [0.25, 0.3) is 0 Å². The minimum absolute atomic E-state index is 0.0992. The average Bonchev–Trinajstić information content (AvgIpc) is 3.17. The van der Waals surface area contributed by atoms with Gasteiger partial charge in [0.15, 0.2) is 0 Å². The molecule has 17 heavy (non-hydrogen) atoms. The number of unbranched alkanes of at least 4 members (excludes halogenated alkanes) is 1. The van der Waals surface area contributed by atoms with Crippen LogP contribution in [0.2, 0.25) is 0 Å². The Labute approximate surface area is 104 Å². The van der Waals surface area contributed by atoms with Crippen LogP contribution in [0.15, 0.2) is 24.3 Å². The summed E-state index contributed by atoms with van der Waals surface area (Å²) in [6, 6.07) is 8.75. The van der Waals surface area contributed by atoms with Gasteiger partial charge < -0.3 is 0 Å². The van der Waals surface area contributed by atoms with Crippen LogP contribution in [0.5, 0.6) is 0 Å². The SMILES string of the molecule is CCCCc1ccc(C2(C(=O)CC)CC2)cc1. The monoisotopic (exact) mass is 230 g/mol. The summed E-state index contributed by atoms with van der Waals surface area (Å²) in [6.07, 6.45) is 6.41. The van der Waals surface area contributed by atoms with Crippen molar-refractivity contribution in [2.75, 3.05) is 0 Å². The second kappa shape index (κ2) is 5.03. The molecule has 1 heteroatoms. The van der Waals surface area contributed by atoms with Crippen LogP contribution in [0.3, 0.4) is 0 Å². The highest BCUT2D eigenvalue weighted by Gasteiger charge is 2.49. The van der Waals surface area contributed by atoms with Crippen LogP contribution < -0.4 is 0 Å². The van der Waals surface area contributed by atoms with Crippen molar-refractivity contribution in [3.63, 3.8) is 0 Å². The fraction of sp³-hybridized carbons (Fsp3) is 0.562. The summed E-state index contributed by atoms with van der Waals surface area (Å²) < 4.78 is 0. The van der Waals surface area contributed by atoms with Crippen molar-refractivity contribution >= 4 is 5.78 Å². The van der Waals surface area contributed by atoms with E-state index < -0.39 is 0 Å². The van der Waals surface area contributed by atoms with Crippen molar-refractivity contribution in [1.82, 2.24) is 0 Å². The highest BCUT2D eigenvalue weighted by molar-refractivity contribution is 5.92. The molecule has 1 aromatic rings. The number of hydrogen-bond acceptors (Lipinski definition) is 1. The lowest BCUT2D eigenvalue weighted by molar-refractivity contribution is -0.121. The molecule has 0 aromatic heterocycles. The molecule has 1 aromatic carbocycles. The Morgan fingerprint density at radius 3 is 2.29 bits per heavy atom. The molecule has 2 rings (SSSR count). The maximum atomic E-state index is 12.0. The largest absolute Gasteiger partial charge is 0.299 e. The summed E-state index contributed by atoms with van der Waals surface area (Å²) >= 11 is 0. The maximum Gasteiger partial charge on any atom is 0.143 e. The topological polar surface area (TPSA) is 17.1 Å². The van der Waals surface area contributed by atoms with Gasteiger partial charge in [0.2, 0.25) is 0 Å². The van der Waals surface area contributed by atoms with Gasteiger partial charge in [-0.05, 0) is 36.8 Å². The number of carbonyl (C=O) groups is 1. The van der Waals surface area contributed by atoms with Gasteiger partial charge in [-0.25, -0.2) is 0 Å². The van der Waals surface area contributed by atoms with Crippen LogP contribution in [0.4, 0.5) is 0 Å². The van der Waals surface area contributed by atoms with E-state index in [1.165, 1.54) is 24.0 Å². The van der Waals surface area contributed by atoms with E-state index in [4.69, 9.17) is 0 Å². The van der Waals surface area contributed by atoms with Crippen LogP contribution in [-0.2, 0) is 16.6 Å². The predicted molar refractivity (Wildman–Crippen MR) is 71.3 cm³/mol. The minimum Gasteiger partial charge on any atom is -0.299 e. The Hall–Kier alpha value is -1.11. The Kier molecular flexibility index (Phi) is 3.66. The fourth-order valence-corrected chi connectivity index (χ4v) is 2.56. The van der Waals surface area contributed by atoms with Crippen LogP contribution in [0, 0.1) is 0 Å². The van der Waals surface area contributed by atoms with Gasteiger partial charge in [-0.15, -0.1) is 0 Å². The van der Waals surface area contributed by atoms with Crippen molar-refractivity contribution in [3.8, 4) is 0 Å². The molecule has 1 nitrogen and oxygen atoms in total. The van der Waals surface area contributed by atoms with E-state index in [1.807, 2.05) is 6.92 Å². The molecule has 0 atom stereocenters.